The van der Waals surface area contributed by atoms with Crippen molar-refractivity contribution in [2.45, 2.75) is 258 Å². The summed E-state index contributed by atoms with van der Waals surface area (Å²) in [6, 6.07) is 14.7. The lowest BCUT2D eigenvalue weighted by molar-refractivity contribution is 0.188. The van der Waals surface area contributed by atoms with Gasteiger partial charge in [0, 0.05) is 39.6 Å². The van der Waals surface area contributed by atoms with Crippen LogP contribution in [-0.4, -0.2) is 106 Å². The number of aromatic nitrogens is 4. The summed E-state index contributed by atoms with van der Waals surface area (Å²) in [4.78, 5) is 64.4. The van der Waals surface area contributed by atoms with Crippen LogP contribution in [0.15, 0.2) is 77.9 Å². The van der Waals surface area contributed by atoms with Crippen molar-refractivity contribution in [3.63, 3.8) is 0 Å². The molecule has 4 aromatic carbocycles. The average molecular weight is 1640 g/mol. The number of aliphatic hydroxyl groups is 1. The number of fused-ring (bicyclic) bond motifs is 4. The van der Waals surface area contributed by atoms with Crippen LogP contribution in [0.3, 0.4) is 0 Å². The maximum absolute atomic E-state index is 12.3. The van der Waals surface area contributed by atoms with Crippen molar-refractivity contribution in [2.75, 3.05) is 26.2 Å². The summed E-state index contributed by atoms with van der Waals surface area (Å²) in [7, 11) is -12.3. The largest absolute Gasteiger partial charge is 0.542 e. The molecular weight excluding hydrogens is 1520 g/mol. The van der Waals surface area contributed by atoms with Crippen LogP contribution in [0.4, 0.5) is 0 Å². The number of nitrogens with zero attached hydrogens (tertiary/aromatic N) is 6. The van der Waals surface area contributed by atoms with Crippen LogP contribution in [0.2, 0.25) is 109 Å². The Balaban J connectivity index is 0.000000258. The fourth-order valence-electron chi connectivity index (χ4n) is 9.29. The third-order valence-electron chi connectivity index (χ3n) is 22.0. The van der Waals surface area contributed by atoms with Gasteiger partial charge in [-0.3, -0.25) is 19.2 Å². The van der Waals surface area contributed by atoms with E-state index in [2.05, 4.69) is 243 Å². The van der Waals surface area contributed by atoms with Gasteiger partial charge in [0.05, 0.1) is 56.3 Å². The molecule has 0 amide bonds. The van der Waals surface area contributed by atoms with Crippen LogP contribution < -0.4 is 44.2 Å². The second-order valence-electron chi connectivity index (χ2n) is 36.0. The maximum atomic E-state index is 12.3. The second kappa shape index (κ2) is 34.0. The van der Waals surface area contributed by atoms with Gasteiger partial charge in [-0.2, -0.15) is 0 Å². The highest BCUT2D eigenvalue weighted by atomic mass is 32.1. The molecule has 0 aliphatic heterocycles. The third kappa shape index (κ3) is 22.0. The van der Waals surface area contributed by atoms with Gasteiger partial charge < -0.3 is 68.2 Å². The van der Waals surface area contributed by atoms with Crippen molar-refractivity contribution in [3.8, 4) is 23.0 Å². The molecule has 0 fully saturated rings. The SMILES string of the molecule is CC(C)(C)[Si](C)(C)Oc1ccc([C@H](CN)O[Si](C)(C)C(C)(C)C)c2sc(=O)[nH]c12.CC(C)(C)[Si](C)(C)Oc1ccc([C@H](CN)O[Si](C)(C)C(C)(C)C)c2sc(=O)[nH]c12.CC(C)(C)[Si](C)(C)Oc1ccc([C@H](CN=[N+]=[N-])O[Si](C)(C)C(C)(C)C)c2sc(=O)[nH]c12.[N-]=[N+]=NC[C@H](O)c1ccc(O)c2[nH]c(=O)sc12. The summed E-state index contributed by atoms with van der Waals surface area (Å²) in [5, 5.41) is 26.7. The Morgan fingerprint density at radius 3 is 0.915 bits per heavy atom. The van der Waals surface area contributed by atoms with E-state index in [1.807, 2.05) is 36.4 Å². The Kier molecular flexibility index (Phi) is 29.2. The van der Waals surface area contributed by atoms with E-state index in [1.165, 1.54) is 34.8 Å². The molecule has 106 heavy (non-hydrogen) atoms. The van der Waals surface area contributed by atoms with Crippen LogP contribution in [0, 0.1) is 0 Å². The molecule has 34 heteroatoms. The van der Waals surface area contributed by atoms with Crippen molar-refractivity contribution in [1.29, 1.82) is 0 Å². The molecule has 8 aromatic rings. The van der Waals surface area contributed by atoms with E-state index in [4.69, 9.17) is 49.1 Å². The van der Waals surface area contributed by atoms with Gasteiger partial charge in [-0.25, -0.2) is 0 Å². The predicted molar refractivity (Wildman–Crippen MR) is 459 cm³/mol. The van der Waals surface area contributed by atoms with Gasteiger partial charge in [0.2, 0.25) is 0 Å². The molecule has 0 unspecified atom stereocenters. The number of aromatic hydroxyl groups is 1. The number of benzene rings is 4. The van der Waals surface area contributed by atoms with Gasteiger partial charge in [0.1, 0.15) is 45.1 Å². The van der Waals surface area contributed by atoms with E-state index in [9.17, 15) is 29.4 Å². The Bertz CT molecular complexity index is 4560. The highest BCUT2D eigenvalue weighted by molar-refractivity contribution is 7.17. The van der Waals surface area contributed by atoms with Crippen LogP contribution >= 0.6 is 45.3 Å². The number of H-pyrrole nitrogens is 4. The molecule has 10 N–H and O–H groups in total. The zero-order valence-corrected chi connectivity index (χ0v) is 77.5. The zero-order chi connectivity index (χ0) is 81.1. The summed E-state index contributed by atoms with van der Waals surface area (Å²) in [6.07, 6.45) is -1.91. The van der Waals surface area contributed by atoms with Crippen LogP contribution in [0.1, 0.15) is 171 Å². The number of nitrogens with two attached hydrogens (primary N) is 2. The van der Waals surface area contributed by atoms with E-state index in [1.54, 1.807) is 0 Å². The van der Waals surface area contributed by atoms with E-state index in [0.29, 0.717) is 34.6 Å². The number of nitrogens with one attached hydrogen (secondary N) is 4. The lowest BCUT2D eigenvalue weighted by Crippen LogP contribution is -2.44. The highest BCUT2D eigenvalue weighted by Crippen LogP contribution is 2.48. The first kappa shape index (κ1) is 91.1. The average Bonchev–Trinajstić information content (AvgIpc) is 1.58. The second-order valence-corrected chi connectivity index (χ2v) is 68.4. The standard InChI is InChI=1S/C21H36N4O3SSi2.2C21H38N2O3SSi2.C9H8N4O3S/c1-20(2,3)30(7,8)27-15-12-11-14(18-17(15)24-19(26)29-18)16(13-23-25-22)28-31(9,10)21(4,5)6;2*1-20(2,3)28(7,8)25-15-12-11-14(18-17(15)23-19(24)27-18)16(13-22)26-29(9,10)21(4,5)6;10-13-11-3-6(15)4-1-2-5(14)7-8(4)17-9(16)12-7/h11-12,16H,13H2,1-10H3,(H,24,26);2*11-12,16H,13,22H2,1-10H3,(H,23,24);1-2,6,14-15H,3H2,(H,12,16)/t3*16-;6-/m0000/s1. The molecule has 24 nitrogen and oxygen atoms in total. The lowest BCUT2D eigenvalue weighted by Gasteiger charge is -2.39. The van der Waals surface area contributed by atoms with Gasteiger partial charge in [-0.15, -0.1) is 0 Å². The van der Waals surface area contributed by atoms with E-state index in [0.717, 1.165) is 76.0 Å². The van der Waals surface area contributed by atoms with Crippen LogP contribution in [0.5, 0.6) is 23.0 Å². The molecule has 8 rings (SSSR count). The van der Waals surface area contributed by atoms with Crippen molar-refractivity contribution in [1.82, 2.24) is 19.9 Å². The molecule has 0 spiro atoms. The molecule has 0 aliphatic carbocycles. The molecule has 0 bridgehead atoms. The van der Waals surface area contributed by atoms with Gasteiger partial charge in [-0.05, 0) is 150 Å². The monoisotopic (exact) mass is 1640 g/mol. The molecule has 0 saturated carbocycles. The highest BCUT2D eigenvalue weighted by Gasteiger charge is 2.45. The lowest BCUT2D eigenvalue weighted by atomic mass is 10.1. The molecule has 4 atom stereocenters. The maximum Gasteiger partial charge on any atom is 0.305 e. The number of aliphatic hydroxyl groups excluding tert-OH is 1. The Morgan fingerprint density at radius 1 is 0.396 bits per heavy atom. The number of aromatic amines is 4. The summed E-state index contributed by atoms with van der Waals surface area (Å²) in [5.74, 6) is 2.13. The topological polar surface area (TPSA) is 377 Å². The molecule has 0 radical (unpaired) electrons. The minimum absolute atomic E-state index is 0.00260. The van der Waals surface area contributed by atoms with Crippen molar-refractivity contribution < 1.29 is 36.8 Å². The van der Waals surface area contributed by atoms with Crippen LogP contribution in [-0.2, 0) is 13.3 Å². The number of hydrogen-bond donors (Lipinski definition) is 8. The number of phenolic OH excluding ortho intramolecular Hbond substituents is 1. The fraction of sp³-hybridized carbons (Fsp3) is 0.611. The van der Waals surface area contributed by atoms with E-state index < -0.39 is 62.1 Å². The first-order valence-corrected chi connectivity index (χ1v) is 56.4. The number of rotatable bonds is 22. The number of thiazole rings is 4. The minimum atomic E-state index is -2.15. The Labute approximate surface area is 647 Å². The van der Waals surface area contributed by atoms with Gasteiger partial charge in [0.15, 0.2) is 25.0 Å². The first-order chi connectivity index (χ1) is 48.1. The smallest absolute Gasteiger partial charge is 0.305 e. The first-order valence-electron chi connectivity index (χ1n) is 35.7. The molecule has 4 aromatic heterocycles. The molecule has 588 valence electrons. The van der Waals surface area contributed by atoms with E-state index >= 15 is 0 Å². The molecular formula is C72H120N12O12S4Si6. The predicted octanol–water partition coefficient (Wildman–Crippen LogP) is 21.0. The summed E-state index contributed by atoms with van der Waals surface area (Å²) >= 11 is 4.45. The Morgan fingerprint density at radius 2 is 0.642 bits per heavy atom. The number of phenols is 1. The van der Waals surface area contributed by atoms with Gasteiger partial charge in [-0.1, -0.05) is 204 Å². The summed E-state index contributed by atoms with van der Waals surface area (Å²) < 4.78 is 42.5. The third-order valence-corrected chi connectivity index (χ3v) is 52.2. The molecule has 0 aliphatic rings. The fourth-order valence-corrected chi connectivity index (χ4v) is 19.9. The molecule has 4 heterocycles. The normalized spacial score (nSPS) is 14.4. The van der Waals surface area contributed by atoms with Crippen LogP contribution in [0.25, 0.3) is 61.8 Å². The summed E-state index contributed by atoms with van der Waals surface area (Å²) in [5.41, 5.74) is 35.2. The number of azide groups is 2. The number of hydrogen-bond acceptors (Lipinski definition) is 20. The van der Waals surface area contributed by atoms with Gasteiger partial charge in [0.25, 0.3) is 25.0 Å². The van der Waals surface area contributed by atoms with Crippen molar-refractivity contribution >= 4 is 136 Å². The quantitative estimate of drug-likeness (QED) is 0.0135. The zero-order valence-electron chi connectivity index (χ0n) is 68.2. The van der Waals surface area contributed by atoms with Crippen molar-refractivity contribution in [2.24, 2.45) is 21.7 Å². The van der Waals surface area contributed by atoms with Gasteiger partial charge >= 0.3 is 19.5 Å². The Hall–Kier alpha value is -5.48. The van der Waals surface area contributed by atoms with E-state index in [-0.39, 0.29) is 86.3 Å². The molecule has 0 saturated heterocycles. The minimum Gasteiger partial charge on any atom is -0.542 e. The summed E-state index contributed by atoms with van der Waals surface area (Å²) in [6.45, 7) is 66.8. The van der Waals surface area contributed by atoms with Crippen molar-refractivity contribution in [3.05, 3.63) is 130 Å².